The van der Waals surface area contributed by atoms with Gasteiger partial charge in [-0.25, -0.2) is 4.98 Å². The van der Waals surface area contributed by atoms with Crippen LogP contribution in [0, 0.1) is 5.92 Å². The maximum atomic E-state index is 6.19. The highest BCUT2D eigenvalue weighted by molar-refractivity contribution is 6.37. The molecule has 1 saturated carbocycles. The lowest BCUT2D eigenvalue weighted by molar-refractivity contribution is 0.349. The van der Waals surface area contributed by atoms with Crippen molar-refractivity contribution in [1.82, 2.24) is 4.98 Å². The van der Waals surface area contributed by atoms with Gasteiger partial charge in [-0.1, -0.05) is 43.0 Å². The maximum absolute atomic E-state index is 6.19. The number of anilines is 2. The molecule has 1 aliphatic carbocycles. The monoisotopic (exact) mass is 287 g/mol. The molecule has 0 amide bonds. The lowest BCUT2D eigenvalue weighted by atomic mass is 9.86. The molecule has 100 valence electrons. The predicted molar refractivity (Wildman–Crippen MR) is 78.8 cm³/mol. The smallest absolute Gasteiger partial charge is 0.147 e. The molecule has 2 rings (SSSR count). The van der Waals surface area contributed by atoms with E-state index in [9.17, 15) is 0 Å². The molecule has 0 bridgehead atoms. The van der Waals surface area contributed by atoms with E-state index >= 15 is 0 Å². The van der Waals surface area contributed by atoms with Crippen molar-refractivity contribution in [1.29, 1.82) is 0 Å². The van der Waals surface area contributed by atoms with Crippen molar-refractivity contribution in [3.8, 4) is 0 Å². The summed E-state index contributed by atoms with van der Waals surface area (Å²) in [5.41, 5.74) is 0. The van der Waals surface area contributed by atoms with Gasteiger partial charge in [-0.05, 0) is 24.8 Å². The summed E-state index contributed by atoms with van der Waals surface area (Å²) >= 11 is 12.2. The van der Waals surface area contributed by atoms with Crippen LogP contribution < -0.4 is 10.6 Å². The summed E-state index contributed by atoms with van der Waals surface area (Å²) in [7, 11) is 1.80. The topological polar surface area (TPSA) is 37.0 Å². The van der Waals surface area contributed by atoms with Crippen molar-refractivity contribution >= 4 is 34.8 Å². The fourth-order valence-corrected chi connectivity index (χ4v) is 2.96. The van der Waals surface area contributed by atoms with Gasteiger partial charge in [0, 0.05) is 13.1 Å². The second kappa shape index (κ2) is 5.98. The lowest BCUT2D eigenvalue weighted by Gasteiger charge is -2.30. The van der Waals surface area contributed by atoms with Crippen molar-refractivity contribution in [2.24, 2.45) is 5.92 Å². The molecule has 1 heterocycles. The van der Waals surface area contributed by atoms with Gasteiger partial charge in [0.05, 0.1) is 10.0 Å². The van der Waals surface area contributed by atoms with E-state index in [4.69, 9.17) is 23.2 Å². The Balaban J connectivity index is 2.17. The van der Waals surface area contributed by atoms with E-state index in [2.05, 4.69) is 22.5 Å². The van der Waals surface area contributed by atoms with Gasteiger partial charge in [0.1, 0.15) is 11.6 Å². The average Bonchev–Trinajstić information content (AvgIpc) is 2.35. The molecular weight excluding hydrogens is 269 g/mol. The molecule has 0 aromatic carbocycles. The second-order valence-corrected chi connectivity index (χ2v) is 5.73. The van der Waals surface area contributed by atoms with E-state index in [1.807, 2.05) is 0 Å². The van der Waals surface area contributed by atoms with E-state index in [0.29, 0.717) is 27.8 Å². The minimum atomic E-state index is 0.453. The molecule has 5 heteroatoms. The molecule has 2 N–H and O–H groups in total. The third-order valence-electron chi connectivity index (χ3n) is 3.60. The first-order valence-electron chi connectivity index (χ1n) is 6.42. The van der Waals surface area contributed by atoms with E-state index in [0.717, 1.165) is 5.82 Å². The first kappa shape index (κ1) is 13.8. The van der Waals surface area contributed by atoms with Crippen LogP contribution in [-0.4, -0.2) is 18.1 Å². The number of hydrogen-bond acceptors (Lipinski definition) is 3. The first-order chi connectivity index (χ1) is 8.61. The molecule has 1 aromatic heterocycles. The largest absolute Gasteiger partial charge is 0.372 e. The van der Waals surface area contributed by atoms with Gasteiger partial charge >= 0.3 is 0 Å². The number of hydrogen-bond donors (Lipinski definition) is 2. The summed E-state index contributed by atoms with van der Waals surface area (Å²) < 4.78 is 0. The zero-order valence-corrected chi connectivity index (χ0v) is 12.3. The Bertz CT molecular complexity index is 423. The first-order valence-corrected chi connectivity index (χ1v) is 7.17. The molecule has 2 atom stereocenters. The Morgan fingerprint density at radius 3 is 2.50 bits per heavy atom. The van der Waals surface area contributed by atoms with Crippen LogP contribution in [0.5, 0.6) is 0 Å². The van der Waals surface area contributed by atoms with Crippen molar-refractivity contribution in [2.45, 2.75) is 38.6 Å². The van der Waals surface area contributed by atoms with E-state index in [1.165, 1.54) is 25.7 Å². The van der Waals surface area contributed by atoms with Crippen LogP contribution in [-0.2, 0) is 0 Å². The van der Waals surface area contributed by atoms with Crippen LogP contribution in [0.1, 0.15) is 32.6 Å². The van der Waals surface area contributed by atoms with Gasteiger partial charge in [-0.3, -0.25) is 0 Å². The molecule has 1 aromatic rings. The summed E-state index contributed by atoms with van der Waals surface area (Å²) in [4.78, 5) is 4.43. The second-order valence-electron chi connectivity index (χ2n) is 4.91. The number of rotatable bonds is 3. The third kappa shape index (κ3) is 3.01. The number of aromatic nitrogens is 1. The van der Waals surface area contributed by atoms with Crippen LogP contribution in [0.25, 0.3) is 0 Å². The normalized spacial score (nSPS) is 23.8. The average molecular weight is 288 g/mol. The van der Waals surface area contributed by atoms with Gasteiger partial charge in [0.2, 0.25) is 0 Å². The molecule has 1 aliphatic rings. The van der Waals surface area contributed by atoms with E-state index in [1.54, 1.807) is 13.1 Å². The molecule has 0 aliphatic heterocycles. The zero-order valence-electron chi connectivity index (χ0n) is 10.8. The van der Waals surface area contributed by atoms with Gasteiger partial charge in [0.25, 0.3) is 0 Å². The van der Waals surface area contributed by atoms with Gasteiger partial charge < -0.3 is 10.6 Å². The van der Waals surface area contributed by atoms with Gasteiger partial charge in [0.15, 0.2) is 0 Å². The summed E-state index contributed by atoms with van der Waals surface area (Å²) in [6, 6.07) is 2.19. The van der Waals surface area contributed by atoms with Crippen LogP contribution >= 0.6 is 23.2 Å². The molecular formula is C13H19Cl2N3. The van der Waals surface area contributed by atoms with E-state index in [-0.39, 0.29) is 0 Å². The quantitative estimate of drug-likeness (QED) is 0.864. The Kier molecular flexibility index (Phi) is 4.57. The Hall–Kier alpha value is -0.670. The number of halogens is 2. The summed E-state index contributed by atoms with van der Waals surface area (Å²) in [6.07, 6.45) is 5.04. The molecule has 2 unspecified atom stereocenters. The maximum Gasteiger partial charge on any atom is 0.147 e. The molecule has 18 heavy (non-hydrogen) atoms. The Morgan fingerprint density at radius 2 is 1.83 bits per heavy atom. The van der Waals surface area contributed by atoms with Crippen LogP contribution in [0.4, 0.5) is 11.6 Å². The molecule has 0 spiro atoms. The standard InChI is InChI=1S/C13H19Cl2N3/c1-8-5-3-4-6-11(8)17-13-10(15)7-9(14)12(16-2)18-13/h7-8,11H,3-6H2,1-2H3,(H2,16,17,18). The third-order valence-corrected chi connectivity index (χ3v) is 4.18. The van der Waals surface area contributed by atoms with Crippen LogP contribution in [0.2, 0.25) is 10.0 Å². The molecule has 3 nitrogen and oxygen atoms in total. The van der Waals surface area contributed by atoms with Crippen molar-refractivity contribution < 1.29 is 0 Å². The minimum Gasteiger partial charge on any atom is -0.372 e. The number of pyridine rings is 1. The summed E-state index contributed by atoms with van der Waals surface area (Å²) in [5, 5.41) is 7.56. The molecule has 0 saturated heterocycles. The minimum absolute atomic E-state index is 0.453. The van der Waals surface area contributed by atoms with E-state index < -0.39 is 0 Å². The highest BCUT2D eigenvalue weighted by Crippen LogP contribution is 2.32. The summed E-state index contributed by atoms with van der Waals surface area (Å²) in [5.74, 6) is 2.04. The Morgan fingerprint density at radius 1 is 1.17 bits per heavy atom. The highest BCUT2D eigenvalue weighted by Gasteiger charge is 2.22. The SMILES string of the molecule is CNc1nc(NC2CCCCC2C)c(Cl)cc1Cl. The Labute approximate surface area is 118 Å². The highest BCUT2D eigenvalue weighted by atomic mass is 35.5. The fraction of sp³-hybridized carbons (Fsp3) is 0.615. The van der Waals surface area contributed by atoms with Crippen molar-refractivity contribution in [3.05, 3.63) is 16.1 Å². The zero-order chi connectivity index (χ0) is 13.1. The number of nitrogens with one attached hydrogen (secondary N) is 2. The predicted octanol–water partition coefficient (Wildman–Crippen LogP) is 4.42. The summed E-state index contributed by atoms with van der Waals surface area (Å²) in [6.45, 7) is 2.28. The number of nitrogens with zero attached hydrogens (tertiary/aromatic N) is 1. The van der Waals surface area contributed by atoms with Crippen LogP contribution in [0.15, 0.2) is 6.07 Å². The molecule has 0 radical (unpaired) electrons. The van der Waals surface area contributed by atoms with Gasteiger partial charge in [-0.15, -0.1) is 0 Å². The lowest BCUT2D eigenvalue weighted by Crippen LogP contribution is -2.30. The van der Waals surface area contributed by atoms with Gasteiger partial charge in [-0.2, -0.15) is 0 Å². The fourth-order valence-electron chi connectivity index (χ4n) is 2.45. The van der Waals surface area contributed by atoms with Crippen molar-refractivity contribution in [2.75, 3.05) is 17.7 Å². The van der Waals surface area contributed by atoms with Crippen molar-refractivity contribution in [3.63, 3.8) is 0 Å². The van der Waals surface area contributed by atoms with Crippen LogP contribution in [0.3, 0.4) is 0 Å². The molecule has 1 fully saturated rings.